The minimum absolute atomic E-state index is 0.296. The van der Waals surface area contributed by atoms with Gasteiger partial charge >= 0.3 is 11.9 Å². The van der Waals surface area contributed by atoms with E-state index in [-0.39, 0.29) is 0 Å². The maximum Gasteiger partial charge on any atom is 0.333 e. The van der Waals surface area contributed by atoms with Gasteiger partial charge < -0.3 is 34.1 Å². The summed E-state index contributed by atoms with van der Waals surface area (Å²) in [6, 6.07) is 27.0. The standard InChI is InChI=1S/C46H45NO8/c1-5-52-43(45(48)49)29-35-11-17-37(18-12-35)54-25-23-31(3)7-9-33-15-21-39-40-22-16-34(28-42(40)47-41(39)27-33)10-8-32(4)24-26-55-38-19-13-36(14-20-38)30-44(46(50)51)53-6-2/h11-24,27-28,43-44,47H,5-6,25-26,29-30H2,1-4H3,(H,48,49)(H,50,51)/b31-23+,32-24+. The number of ether oxygens (including phenoxy) is 4. The molecular formula is C46H45NO8. The minimum atomic E-state index is -0.971. The van der Waals surface area contributed by atoms with Crippen molar-refractivity contribution in [3.63, 3.8) is 0 Å². The Morgan fingerprint density at radius 3 is 1.40 bits per heavy atom. The third-order valence-corrected chi connectivity index (χ3v) is 8.66. The Labute approximate surface area is 321 Å². The maximum atomic E-state index is 11.4. The largest absolute Gasteiger partial charge is 0.490 e. The van der Waals surface area contributed by atoms with Gasteiger partial charge in [-0.15, -0.1) is 0 Å². The first-order chi connectivity index (χ1) is 26.6. The van der Waals surface area contributed by atoms with E-state index in [9.17, 15) is 19.8 Å². The number of carboxylic acids is 2. The van der Waals surface area contributed by atoms with Crippen LogP contribution in [-0.4, -0.2) is 65.8 Å². The Balaban J connectivity index is 1.14. The number of carbonyl (C=O) groups is 2. The Hall–Kier alpha value is -6.26. The lowest BCUT2D eigenvalue weighted by Crippen LogP contribution is -2.26. The highest BCUT2D eigenvalue weighted by atomic mass is 16.5. The van der Waals surface area contributed by atoms with Gasteiger partial charge in [-0.1, -0.05) is 60.1 Å². The summed E-state index contributed by atoms with van der Waals surface area (Å²) < 4.78 is 22.3. The predicted octanol–water partition coefficient (Wildman–Crippen LogP) is 8.14. The van der Waals surface area contributed by atoms with Crippen molar-refractivity contribution in [2.24, 2.45) is 0 Å². The second kappa shape index (κ2) is 19.7. The summed E-state index contributed by atoms with van der Waals surface area (Å²) in [5, 5.41) is 20.8. The number of fused-ring (bicyclic) bond motifs is 3. The first kappa shape index (κ1) is 39.9. The molecule has 9 nitrogen and oxygen atoms in total. The van der Waals surface area contributed by atoms with Crippen LogP contribution in [0.5, 0.6) is 11.5 Å². The molecule has 1 heterocycles. The molecule has 55 heavy (non-hydrogen) atoms. The highest BCUT2D eigenvalue weighted by molar-refractivity contribution is 6.07. The molecule has 0 spiro atoms. The van der Waals surface area contributed by atoms with E-state index in [1.807, 2.05) is 98.8 Å². The molecule has 0 radical (unpaired) electrons. The van der Waals surface area contributed by atoms with Crippen LogP contribution in [0, 0.1) is 23.7 Å². The molecule has 0 saturated heterocycles. The zero-order chi connectivity index (χ0) is 39.2. The topological polar surface area (TPSA) is 127 Å². The molecule has 282 valence electrons. The van der Waals surface area contributed by atoms with E-state index < -0.39 is 24.1 Å². The zero-order valence-corrected chi connectivity index (χ0v) is 31.5. The lowest BCUT2D eigenvalue weighted by molar-refractivity contribution is -0.150. The average Bonchev–Trinajstić information content (AvgIpc) is 3.54. The number of rotatable bonds is 16. The van der Waals surface area contributed by atoms with Gasteiger partial charge in [0.15, 0.2) is 12.2 Å². The fraction of sp³-hybridized carbons (Fsp3) is 0.261. The summed E-state index contributed by atoms with van der Waals surface area (Å²) in [4.78, 5) is 26.2. The summed E-state index contributed by atoms with van der Waals surface area (Å²) in [5.74, 6) is 12.3. The molecular weight excluding hydrogens is 695 g/mol. The molecule has 0 bridgehead atoms. The van der Waals surface area contributed by atoms with Crippen LogP contribution in [0.1, 0.15) is 49.9 Å². The highest BCUT2D eigenvalue weighted by Gasteiger charge is 2.19. The van der Waals surface area contributed by atoms with Gasteiger partial charge in [0.25, 0.3) is 0 Å². The Morgan fingerprint density at radius 2 is 1.04 bits per heavy atom. The zero-order valence-electron chi connectivity index (χ0n) is 31.5. The normalized spacial score (nSPS) is 12.7. The van der Waals surface area contributed by atoms with Gasteiger partial charge in [-0.2, -0.15) is 0 Å². The van der Waals surface area contributed by atoms with E-state index in [0.717, 1.165) is 55.2 Å². The van der Waals surface area contributed by atoms with E-state index in [2.05, 4.69) is 40.8 Å². The lowest BCUT2D eigenvalue weighted by atomic mass is 10.1. The van der Waals surface area contributed by atoms with Gasteiger partial charge in [-0.3, -0.25) is 0 Å². The maximum absolute atomic E-state index is 11.4. The second-order valence-electron chi connectivity index (χ2n) is 12.8. The molecule has 1 aromatic heterocycles. The molecule has 0 saturated carbocycles. The number of carboxylic acid groups (broad SMARTS) is 2. The van der Waals surface area contributed by atoms with E-state index in [0.29, 0.717) is 50.8 Å². The number of nitrogens with one attached hydrogen (secondary N) is 1. The molecule has 2 atom stereocenters. The van der Waals surface area contributed by atoms with Gasteiger partial charge in [0, 0.05) is 59.0 Å². The molecule has 5 aromatic rings. The number of H-pyrrole nitrogens is 1. The van der Waals surface area contributed by atoms with Crippen LogP contribution in [0.2, 0.25) is 0 Å². The third kappa shape index (κ3) is 11.9. The third-order valence-electron chi connectivity index (χ3n) is 8.66. The van der Waals surface area contributed by atoms with Crippen molar-refractivity contribution >= 4 is 33.7 Å². The first-order valence-corrected chi connectivity index (χ1v) is 18.2. The smallest absolute Gasteiger partial charge is 0.333 e. The molecule has 9 heteroatoms. The summed E-state index contributed by atoms with van der Waals surface area (Å²) in [5.41, 5.74) is 7.27. The van der Waals surface area contributed by atoms with Crippen molar-refractivity contribution in [3.05, 3.63) is 130 Å². The number of hydrogen-bond acceptors (Lipinski definition) is 6. The second-order valence-corrected chi connectivity index (χ2v) is 12.8. The van der Waals surface area contributed by atoms with Crippen LogP contribution in [0.25, 0.3) is 21.8 Å². The summed E-state index contributed by atoms with van der Waals surface area (Å²) in [6.07, 6.45) is 2.71. The summed E-state index contributed by atoms with van der Waals surface area (Å²) in [7, 11) is 0. The average molecular weight is 740 g/mol. The summed E-state index contributed by atoms with van der Waals surface area (Å²) in [6.45, 7) is 8.85. The van der Waals surface area contributed by atoms with Crippen molar-refractivity contribution in [2.45, 2.75) is 52.7 Å². The van der Waals surface area contributed by atoms with Gasteiger partial charge in [-0.25, -0.2) is 9.59 Å². The van der Waals surface area contributed by atoms with Crippen LogP contribution in [0.3, 0.4) is 0 Å². The Morgan fingerprint density at radius 1 is 0.636 bits per heavy atom. The Kier molecular flexibility index (Phi) is 14.3. The van der Waals surface area contributed by atoms with E-state index in [1.54, 1.807) is 13.8 Å². The monoisotopic (exact) mass is 739 g/mol. The van der Waals surface area contributed by atoms with E-state index in [4.69, 9.17) is 18.9 Å². The lowest BCUT2D eigenvalue weighted by Gasteiger charge is -2.12. The fourth-order valence-corrected chi connectivity index (χ4v) is 5.74. The molecule has 0 fully saturated rings. The van der Waals surface area contributed by atoms with E-state index >= 15 is 0 Å². The molecule has 5 rings (SSSR count). The number of benzene rings is 4. The quantitative estimate of drug-likeness (QED) is 0.0866. The number of aliphatic carboxylic acids is 2. The van der Waals surface area contributed by atoms with Crippen molar-refractivity contribution in [2.75, 3.05) is 26.4 Å². The molecule has 4 aromatic carbocycles. The highest BCUT2D eigenvalue weighted by Crippen LogP contribution is 2.27. The predicted molar refractivity (Wildman–Crippen MR) is 214 cm³/mol. The van der Waals surface area contributed by atoms with E-state index in [1.165, 1.54) is 0 Å². The number of allylic oxidation sites excluding steroid dienone is 2. The van der Waals surface area contributed by atoms with Crippen LogP contribution in [-0.2, 0) is 31.9 Å². The number of aromatic nitrogens is 1. The molecule has 0 aliphatic carbocycles. The van der Waals surface area contributed by atoms with Crippen molar-refractivity contribution < 1.29 is 38.7 Å². The van der Waals surface area contributed by atoms with Crippen molar-refractivity contribution in [3.8, 4) is 35.2 Å². The molecule has 0 aliphatic rings. The van der Waals surface area contributed by atoms with Gasteiger partial charge in [0.2, 0.25) is 0 Å². The number of hydrogen-bond donors (Lipinski definition) is 3. The van der Waals surface area contributed by atoms with Crippen LogP contribution in [0.4, 0.5) is 0 Å². The van der Waals surface area contributed by atoms with Crippen molar-refractivity contribution in [1.29, 1.82) is 0 Å². The molecule has 3 N–H and O–H groups in total. The van der Waals surface area contributed by atoms with Crippen molar-refractivity contribution in [1.82, 2.24) is 4.98 Å². The first-order valence-electron chi connectivity index (χ1n) is 18.2. The fourth-order valence-electron chi connectivity index (χ4n) is 5.74. The molecule has 2 unspecified atom stereocenters. The van der Waals surface area contributed by atoms with Crippen LogP contribution in [0.15, 0.2) is 108 Å². The number of aromatic amines is 1. The van der Waals surface area contributed by atoms with Crippen LogP contribution >= 0.6 is 0 Å². The molecule has 0 aliphatic heterocycles. The Bertz CT molecular complexity index is 2130. The minimum Gasteiger partial charge on any atom is -0.490 e. The SMILES string of the molecule is CCOC(Cc1ccc(OC/C=C(\C)C#Cc2ccc3c(c2)[nH]c2cc(C#C/C(C)=C/COc4ccc(CC(OCC)C(=O)O)cc4)ccc23)cc1)C(=O)O. The van der Waals surface area contributed by atoms with Crippen LogP contribution < -0.4 is 9.47 Å². The molecule has 0 amide bonds. The summed E-state index contributed by atoms with van der Waals surface area (Å²) >= 11 is 0. The van der Waals surface area contributed by atoms with Gasteiger partial charge in [0.05, 0.1) is 0 Å². The van der Waals surface area contributed by atoms with Gasteiger partial charge in [0.1, 0.15) is 24.7 Å². The van der Waals surface area contributed by atoms with Gasteiger partial charge in [-0.05, 0) is 111 Å².